The summed E-state index contributed by atoms with van der Waals surface area (Å²) in [4.78, 5) is 10.8. The largest absolute Gasteiger partial charge is 0.471 e. The van der Waals surface area contributed by atoms with Gasteiger partial charge in [0, 0.05) is 18.8 Å². The third-order valence-corrected chi connectivity index (χ3v) is 2.64. The maximum atomic E-state index is 12.2. The number of hydrogen-bond donors (Lipinski definition) is 2. The standard InChI is InChI=1S/C14H16F3N3O/c1-13(2,8-18)9-19-7-10-4-3-5-11(6-10)20-12(21)14(15,16)17/h3-6,19H,7,9H2,1-2H3,(H,20,21). The highest BCUT2D eigenvalue weighted by Crippen LogP contribution is 2.19. The summed E-state index contributed by atoms with van der Waals surface area (Å²) in [6.45, 7) is 4.39. The van der Waals surface area contributed by atoms with E-state index in [-0.39, 0.29) is 5.69 Å². The first-order chi connectivity index (χ1) is 9.64. The van der Waals surface area contributed by atoms with Gasteiger partial charge in [0.15, 0.2) is 0 Å². The lowest BCUT2D eigenvalue weighted by Gasteiger charge is -2.16. The molecule has 0 saturated carbocycles. The summed E-state index contributed by atoms with van der Waals surface area (Å²) >= 11 is 0. The Morgan fingerprint density at radius 2 is 2.00 bits per heavy atom. The minimum atomic E-state index is -4.91. The number of halogens is 3. The van der Waals surface area contributed by atoms with Crippen molar-refractivity contribution in [2.45, 2.75) is 26.6 Å². The Morgan fingerprint density at radius 3 is 2.57 bits per heavy atom. The molecule has 0 unspecified atom stereocenters. The first-order valence-electron chi connectivity index (χ1n) is 6.23. The Morgan fingerprint density at radius 1 is 1.33 bits per heavy atom. The lowest BCUT2D eigenvalue weighted by Crippen LogP contribution is -2.30. The molecule has 114 valence electrons. The number of nitrogens with zero attached hydrogens (tertiary/aromatic N) is 1. The smallest absolute Gasteiger partial charge is 0.318 e. The number of benzene rings is 1. The lowest BCUT2D eigenvalue weighted by molar-refractivity contribution is -0.167. The minimum Gasteiger partial charge on any atom is -0.318 e. The summed E-state index contributed by atoms with van der Waals surface area (Å²) in [5.41, 5.74) is 0.266. The summed E-state index contributed by atoms with van der Waals surface area (Å²) in [5.74, 6) is -2.00. The molecule has 4 nitrogen and oxygen atoms in total. The number of carbonyl (C=O) groups excluding carboxylic acids is 1. The second-order valence-corrected chi connectivity index (χ2v) is 5.25. The van der Waals surface area contributed by atoms with E-state index in [1.165, 1.54) is 12.1 Å². The van der Waals surface area contributed by atoms with Crippen molar-refractivity contribution in [1.82, 2.24) is 5.32 Å². The second kappa shape index (κ2) is 6.59. The van der Waals surface area contributed by atoms with Crippen molar-refractivity contribution in [3.8, 4) is 6.07 Å². The van der Waals surface area contributed by atoms with E-state index < -0.39 is 17.5 Å². The number of rotatable bonds is 5. The molecule has 1 rings (SSSR count). The number of alkyl halides is 3. The van der Waals surface area contributed by atoms with Crippen LogP contribution in [0.1, 0.15) is 19.4 Å². The van der Waals surface area contributed by atoms with Gasteiger partial charge in [-0.2, -0.15) is 18.4 Å². The van der Waals surface area contributed by atoms with Crippen LogP contribution in [0.5, 0.6) is 0 Å². The average Bonchev–Trinajstić information content (AvgIpc) is 2.38. The van der Waals surface area contributed by atoms with Crippen molar-refractivity contribution in [1.29, 1.82) is 5.26 Å². The molecule has 0 bridgehead atoms. The van der Waals surface area contributed by atoms with Gasteiger partial charge in [0.25, 0.3) is 0 Å². The lowest BCUT2D eigenvalue weighted by atomic mass is 9.96. The van der Waals surface area contributed by atoms with Crippen LogP contribution in [-0.4, -0.2) is 18.6 Å². The number of amides is 1. The van der Waals surface area contributed by atoms with Crippen LogP contribution in [0.15, 0.2) is 24.3 Å². The third kappa shape index (κ3) is 5.83. The van der Waals surface area contributed by atoms with Gasteiger partial charge in [-0.25, -0.2) is 0 Å². The number of nitriles is 1. The summed E-state index contributed by atoms with van der Waals surface area (Å²) in [6, 6.07) is 8.24. The zero-order valence-corrected chi connectivity index (χ0v) is 11.7. The first kappa shape index (κ1) is 17.0. The van der Waals surface area contributed by atoms with Crippen LogP contribution in [0.4, 0.5) is 18.9 Å². The van der Waals surface area contributed by atoms with Crippen LogP contribution in [-0.2, 0) is 11.3 Å². The van der Waals surface area contributed by atoms with Gasteiger partial charge < -0.3 is 10.6 Å². The maximum absolute atomic E-state index is 12.2. The Hall–Kier alpha value is -2.07. The SMILES string of the molecule is CC(C)(C#N)CNCc1cccc(NC(=O)C(F)(F)F)c1. The predicted octanol–water partition coefficient (Wildman–Crippen LogP) is 2.83. The quantitative estimate of drug-likeness (QED) is 0.878. The number of carbonyl (C=O) groups is 1. The van der Waals surface area contributed by atoms with Crippen molar-refractivity contribution in [3.63, 3.8) is 0 Å². The van der Waals surface area contributed by atoms with Crippen molar-refractivity contribution in [2.75, 3.05) is 11.9 Å². The zero-order valence-electron chi connectivity index (χ0n) is 11.7. The Bertz CT molecular complexity index is 547. The van der Waals surface area contributed by atoms with Gasteiger partial charge in [0.2, 0.25) is 0 Å². The molecule has 1 aromatic carbocycles. The van der Waals surface area contributed by atoms with Gasteiger partial charge in [-0.3, -0.25) is 4.79 Å². The Labute approximate surface area is 121 Å². The molecule has 2 N–H and O–H groups in total. The van der Waals surface area contributed by atoms with Gasteiger partial charge in [-0.05, 0) is 31.5 Å². The van der Waals surface area contributed by atoms with E-state index in [0.717, 1.165) is 0 Å². The van der Waals surface area contributed by atoms with Gasteiger partial charge in [0.1, 0.15) is 0 Å². The van der Waals surface area contributed by atoms with E-state index in [9.17, 15) is 18.0 Å². The molecule has 0 spiro atoms. The fourth-order valence-electron chi connectivity index (χ4n) is 1.52. The summed E-state index contributed by atoms with van der Waals surface area (Å²) < 4.78 is 36.5. The molecule has 0 aliphatic heterocycles. The van der Waals surface area contributed by atoms with Crippen LogP contribution in [0, 0.1) is 16.7 Å². The van der Waals surface area contributed by atoms with E-state index in [1.807, 2.05) is 0 Å². The maximum Gasteiger partial charge on any atom is 0.471 e. The molecule has 1 aromatic rings. The normalized spacial score (nSPS) is 11.8. The topological polar surface area (TPSA) is 64.9 Å². The fraction of sp³-hybridized carbons (Fsp3) is 0.429. The van der Waals surface area contributed by atoms with Crippen LogP contribution in [0.3, 0.4) is 0 Å². The highest BCUT2D eigenvalue weighted by atomic mass is 19.4. The molecule has 0 atom stereocenters. The molecule has 0 fully saturated rings. The van der Waals surface area contributed by atoms with Crippen LogP contribution < -0.4 is 10.6 Å². The molecule has 0 aliphatic rings. The summed E-state index contributed by atoms with van der Waals surface area (Å²) in [7, 11) is 0. The van der Waals surface area contributed by atoms with E-state index in [1.54, 1.807) is 31.3 Å². The predicted molar refractivity (Wildman–Crippen MR) is 72.2 cm³/mol. The van der Waals surface area contributed by atoms with Crippen molar-refractivity contribution >= 4 is 11.6 Å². The fourth-order valence-corrected chi connectivity index (χ4v) is 1.52. The van der Waals surface area contributed by atoms with Gasteiger partial charge in [0.05, 0.1) is 11.5 Å². The van der Waals surface area contributed by atoms with E-state index in [0.29, 0.717) is 18.7 Å². The van der Waals surface area contributed by atoms with E-state index >= 15 is 0 Å². The average molecular weight is 299 g/mol. The number of hydrogen-bond acceptors (Lipinski definition) is 3. The van der Waals surface area contributed by atoms with Gasteiger partial charge in [-0.15, -0.1) is 0 Å². The Balaban J connectivity index is 2.61. The molecule has 1 amide bonds. The van der Waals surface area contributed by atoms with E-state index in [4.69, 9.17) is 5.26 Å². The van der Waals surface area contributed by atoms with Gasteiger partial charge >= 0.3 is 12.1 Å². The molecule has 21 heavy (non-hydrogen) atoms. The number of anilines is 1. The highest BCUT2D eigenvalue weighted by Gasteiger charge is 2.38. The van der Waals surface area contributed by atoms with Crippen molar-refractivity contribution in [2.24, 2.45) is 5.41 Å². The first-order valence-corrected chi connectivity index (χ1v) is 6.23. The molecule has 0 radical (unpaired) electrons. The molecule has 0 heterocycles. The second-order valence-electron chi connectivity index (χ2n) is 5.25. The monoisotopic (exact) mass is 299 g/mol. The minimum absolute atomic E-state index is 0.0798. The highest BCUT2D eigenvalue weighted by molar-refractivity contribution is 5.94. The van der Waals surface area contributed by atoms with Crippen molar-refractivity contribution in [3.05, 3.63) is 29.8 Å². The Kier molecular flexibility index (Phi) is 5.33. The van der Waals surface area contributed by atoms with Gasteiger partial charge in [-0.1, -0.05) is 12.1 Å². The molecular formula is C14H16F3N3O. The molecular weight excluding hydrogens is 283 g/mol. The zero-order chi connectivity index (χ0) is 16.1. The molecule has 7 heteroatoms. The molecule has 0 aromatic heterocycles. The van der Waals surface area contributed by atoms with Crippen molar-refractivity contribution < 1.29 is 18.0 Å². The third-order valence-electron chi connectivity index (χ3n) is 2.64. The summed E-state index contributed by atoms with van der Waals surface area (Å²) in [6.07, 6.45) is -4.91. The van der Waals surface area contributed by atoms with E-state index in [2.05, 4.69) is 11.4 Å². The molecule has 0 aliphatic carbocycles. The van der Waals surface area contributed by atoms with Crippen LogP contribution in [0.2, 0.25) is 0 Å². The number of nitrogens with one attached hydrogen (secondary N) is 2. The van der Waals surface area contributed by atoms with Crippen LogP contribution >= 0.6 is 0 Å². The van der Waals surface area contributed by atoms with Crippen LogP contribution in [0.25, 0.3) is 0 Å². The molecule has 0 saturated heterocycles. The summed E-state index contributed by atoms with van der Waals surface area (Å²) in [5, 5.41) is 13.7.